The SMILES string of the molecule is CCOC(=O)Cc1[nH]n(-c2ccc(NC(=O)C(F)(F)F)cc2)c(=O)c1C=Nc1ccccc1CC. The van der Waals surface area contributed by atoms with Crippen molar-refractivity contribution in [2.45, 2.75) is 32.9 Å². The minimum absolute atomic E-state index is 0.0969. The Morgan fingerprint density at radius 2 is 1.80 bits per heavy atom. The third-order valence-corrected chi connectivity index (χ3v) is 4.98. The van der Waals surface area contributed by atoms with Crippen LogP contribution in [0.5, 0.6) is 0 Å². The van der Waals surface area contributed by atoms with E-state index < -0.39 is 23.6 Å². The van der Waals surface area contributed by atoms with Crippen molar-refractivity contribution in [3.05, 3.63) is 75.7 Å². The number of nitrogens with zero attached hydrogens (tertiary/aromatic N) is 2. The number of aryl methyl sites for hydroxylation is 1. The van der Waals surface area contributed by atoms with Crippen LogP contribution < -0.4 is 10.9 Å². The number of para-hydroxylation sites is 1. The fraction of sp³-hybridized carbons (Fsp3) is 0.250. The highest BCUT2D eigenvalue weighted by Crippen LogP contribution is 2.21. The first kappa shape index (κ1) is 25.5. The predicted octanol–water partition coefficient (Wildman–Crippen LogP) is 4.09. The largest absolute Gasteiger partial charge is 0.471 e. The molecule has 184 valence electrons. The number of benzene rings is 2. The van der Waals surface area contributed by atoms with Gasteiger partial charge in [-0.2, -0.15) is 13.2 Å². The molecular formula is C24H23F3N4O4. The lowest BCUT2D eigenvalue weighted by atomic mass is 10.1. The second-order valence-electron chi connectivity index (χ2n) is 7.37. The molecule has 0 aliphatic rings. The molecule has 0 unspecified atom stereocenters. The van der Waals surface area contributed by atoms with Crippen molar-refractivity contribution >= 4 is 29.5 Å². The molecule has 0 radical (unpaired) electrons. The molecule has 0 atom stereocenters. The first-order chi connectivity index (χ1) is 16.6. The average Bonchev–Trinajstić information content (AvgIpc) is 3.12. The lowest BCUT2D eigenvalue weighted by molar-refractivity contribution is -0.167. The normalized spacial score (nSPS) is 11.6. The Labute approximate surface area is 198 Å². The molecule has 3 rings (SSSR count). The Hall–Kier alpha value is -4.15. The minimum atomic E-state index is -5.03. The van der Waals surface area contributed by atoms with Crippen LogP contribution >= 0.6 is 0 Å². The number of nitrogens with one attached hydrogen (secondary N) is 2. The molecule has 0 bridgehead atoms. The Morgan fingerprint density at radius 3 is 2.43 bits per heavy atom. The molecule has 0 fully saturated rings. The summed E-state index contributed by atoms with van der Waals surface area (Å²) in [6.07, 6.45) is -3.14. The Bertz CT molecular complexity index is 1290. The summed E-state index contributed by atoms with van der Waals surface area (Å²) < 4.78 is 43.5. The summed E-state index contributed by atoms with van der Waals surface area (Å²) in [4.78, 5) is 40.8. The quantitative estimate of drug-likeness (QED) is 0.368. The average molecular weight is 488 g/mol. The van der Waals surface area contributed by atoms with E-state index in [1.165, 1.54) is 30.5 Å². The Kier molecular flexibility index (Phi) is 7.90. The lowest BCUT2D eigenvalue weighted by Gasteiger charge is -2.08. The van der Waals surface area contributed by atoms with Crippen LogP contribution in [0, 0.1) is 0 Å². The van der Waals surface area contributed by atoms with E-state index in [1.807, 2.05) is 25.1 Å². The van der Waals surface area contributed by atoms with E-state index in [2.05, 4.69) is 10.1 Å². The molecule has 1 amide bonds. The maximum atomic E-state index is 13.2. The number of rotatable bonds is 8. The van der Waals surface area contributed by atoms with Gasteiger partial charge in [-0.15, -0.1) is 0 Å². The molecular weight excluding hydrogens is 465 g/mol. The number of hydrogen-bond donors (Lipinski definition) is 2. The van der Waals surface area contributed by atoms with E-state index in [1.54, 1.807) is 18.3 Å². The first-order valence-corrected chi connectivity index (χ1v) is 10.7. The fourth-order valence-electron chi connectivity index (χ4n) is 3.27. The summed E-state index contributed by atoms with van der Waals surface area (Å²) in [5.74, 6) is -2.65. The summed E-state index contributed by atoms with van der Waals surface area (Å²) in [6.45, 7) is 3.81. The van der Waals surface area contributed by atoms with Gasteiger partial charge in [0, 0.05) is 11.9 Å². The number of carbonyl (C=O) groups is 2. The number of alkyl halides is 3. The van der Waals surface area contributed by atoms with Gasteiger partial charge in [-0.1, -0.05) is 25.1 Å². The number of aliphatic imine (C=N–C) groups is 1. The van der Waals surface area contributed by atoms with Gasteiger partial charge in [-0.3, -0.25) is 24.5 Å². The number of ether oxygens (including phenoxy) is 1. The Morgan fingerprint density at radius 1 is 1.11 bits per heavy atom. The monoisotopic (exact) mass is 488 g/mol. The molecule has 35 heavy (non-hydrogen) atoms. The van der Waals surface area contributed by atoms with Gasteiger partial charge >= 0.3 is 18.1 Å². The summed E-state index contributed by atoms with van der Waals surface area (Å²) >= 11 is 0. The highest BCUT2D eigenvalue weighted by Gasteiger charge is 2.38. The number of aromatic amines is 1. The number of anilines is 1. The first-order valence-electron chi connectivity index (χ1n) is 10.7. The molecule has 3 aromatic rings. The van der Waals surface area contributed by atoms with Crippen LogP contribution in [0.1, 0.15) is 30.7 Å². The topological polar surface area (TPSA) is 106 Å². The Balaban J connectivity index is 1.97. The second kappa shape index (κ2) is 10.9. The van der Waals surface area contributed by atoms with Crippen LogP contribution in [0.15, 0.2) is 58.3 Å². The summed E-state index contributed by atoms with van der Waals surface area (Å²) in [7, 11) is 0. The van der Waals surface area contributed by atoms with Crippen molar-refractivity contribution in [3.8, 4) is 5.69 Å². The van der Waals surface area contributed by atoms with Gasteiger partial charge in [0.2, 0.25) is 0 Å². The number of aromatic nitrogens is 2. The zero-order chi connectivity index (χ0) is 25.6. The van der Waals surface area contributed by atoms with E-state index in [0.717, 1.165) is 16.7 Å². The van der Waals surface area contributed by atoms with Gasteiger partial charge in [-0.05, 0) is 49.2 Å². The van der Waals surface area contributed by atoms with Crippen molar-refractivity contribution in [1.29, 1.82) is 0 Å². The molecule has 0 spiro atoms. The van der Waals surface area contributed by atoms with E-state index in [4.69, 9.17) is 4.74 Å². The number of hydrogen-bond acceptors (Lipinski definition) is 5. The van der Waals surface area contributed by atoms with Crippen LogP contribution in [0.3, 0.4) is 0 Å². The number of H-pyrrole nitrogens is 1. The van der Waals surface area contributed by atoms with E-state index in [9.17, 15) is 27.6 Å². The van der Waals surface area contributed by atoms with Gasteiger partial charge in [0.25, 0.3) is 5.56 Å². The van der Waals surface area contributed by atoms with Crippen LogP contribution in [0.4, 0.5) is 24.5 Å². The molecule has 0 saturated heterocycles. The van der Waals surface area contributed by atoms with Gasteiger partial charge in [0.15, 0.2) is 0 Å². The highest BCUT2D eigenvalue weighted by atomic mass is 19.4. The summed E-state index contributed by atoms with van der Waals surface area (Å²) in [6, 6.07) is 12.6. The molecule has 8 nitrogen and oxygen atoms in total. The summed E-state index contributed by atoms with van der Waals surface area (Å²) in [5.41, 5.74) is 1.71. The van der Waals surface area contributed by atoms with Gasteiger partial charge in [0.05, 0.1) is 35.7 Å². The maximum Gasteiger partial charge on any atom is 0.471 e. The summed E-state index contributed by atoms with van der Waals surface area (Å²) in [5, 5.41) is 4.59. The standard InChI is InChI=1S/C24H23F3N4O4/c1-3-15-7-5-6-8-19(15)28-14-18-20(13-21(32)35-4-2)30-31(22(18)33)17-11-9-16(10-12-17)29-23(34)24(25,26)27/h5-12,14,30H,3-4,13H2,1-2H3,(H,29,34). The molecule has 0 aliphatic carbocycles. The van der Waals surface area contributed by atoms with Crippen molar-refractivity contribution in [2.75, 3.05) is 11.9 Å². The van der Waals surface area contributed by atoms with Crippen LogP contribution in [0.25, 0.3) is 5.69 Å². The molecule has 1 aromatic heterocycles. The van der Waals surface area contributed by atoms with E-state index >= 15 is 0 Å². The van der Waals surface area contributed by atoms with E-state index in [-0.39, 0.29) is 35.7 Å². The number of carbonyl (C=O) groups excluding carboxylic acids is 2. The molecule has 2 N–H and O–H groups in total. The number of esters is 1. The van der Waals surface area contributed by atoms with Crippen molar-refractivity contribution in [3.63, 3.8) is 0 Å². The molecule has 1 heterocycles. The molecule has 2 aromatic carbocycles. The number of amides is 1. The molecule has 0 aliphatic heterocycles. The fourth-order valence-corrected chi connectivity index (χ4v) is 3.27. The minimum Gasteiger partial charge on any atom is -0.466 e. The van der Waals surface area contributed by atoms with Crippen molar-refractivity contribution in [2.24, 2.45) is 4.99 Å². The molecule has 0 saturated carbocycles. The number of halogens is 3. The van der Waals surface area contributed by atoms with Gasteiger partial charge in [-0.25, -0.2) is 4.68 Å². The van der Waals surface area contributed by atoms with Crippen molar-refractivity contribution in [1.82, 2.24) is 9.78 Å². The smallest absolute Gasteiger partial charge is 0.466 e. The van der Waals surface area contributed by atoms with Crippen molar-refractivity contribution < 1.29 is 27.5 Å². The lowest BCUT2D eigenvalue weighted by Crippen LogP contribution is -2.29. The third kappa shape index (κ3) is 6.25. The van der Waals surface area contributed by atoms with Crippen LogP contribution in [-0.2, 0) is 27.2 Å². The highest BCUT2D eigenvalue weighted by molar-refractivity contribution is 5.95. The zero-order valence-corrected chi connectivity index (χ0v) is 19.0. The van der Waals surface area contributed by atoms with Crippen LogP contribution in [0.2, 0.25) is 0 Å². The van der Waals surface area contributed by atoms with Gasteiger partial charge in [0.1, 0.15) is 0 Å². The zero-order valence-electron chi connectivity index (χ0n) is 19.0. The van der Waals surface area contributed by atoms with E-state index in [0.29, 0.717) is 5.69 Å². The predicted molar refractivity (Wildman–Crippen MR) is 124 cm³/mol. The second-order valence-corrected chi connectivity index (χ2v) is 7.37. The maximum absolute atomic E-state index is 13.2. The third-order valence-electron chi connectivity index (χ3n) is 4.98. The van der Waals surface area contributed by atoms with Crippen LogP contribution in [-0.4, -0.2) is 40.7 Å². The van der Waals surface area contributed by atoms with Gasteiger partial charge < -0.3 is 10.1 Å². The molecule has 11 heteroatoms.